The molecule has 1 unspecified atom stereocenters. The van der Waals surface area contributed by atoms with Crippen molar-refractivity contribution >= 4 is 76.6 Å². The van der Waals surface area contributed by atoms with Gasteiger partial charge in [0.15, 0.2) is 0 Å². The molecule has 2 saturated heterocycles. The minimum Gasteiger partial charge on any atom is -0.343 e. The fourth-order valence-corrected chi connectivity index (χ4v) is 12.4. The second kappa shape index (κ2) is 30.8. The SMILES string of the molecule is CCC(C)[C@@H]1NC(=O)[C@H](CC(C)C)N(C)C(=O)C[C@@H](C)N(C)C(=O)[C@H](C(C)C)N(C)C(=O)C2(CCCC2)NC(=O)[C@@H]2CCCN2C(=O)[C@H](CCc2ccc(C(F)(F)F)c(Cl)c2)NC(=O)CN(C)C(=O)[C@H](CC2CC2)N(C)C(=O)CN(C)C(=O)CN(C)C1=O. The highest BCUT2D eigenvalue weighted by molar-refractivity contribution is 6.31. The average Bonchev–Trinajstić information content (AvgIpc) is 1.83. The molecule has 26 heteroatoms. The third-order valence-corrected chi connectivity index (χ3v) is 18.5. The molecular formula is C62H95ClF3N11O11. The monoisotopic (exact) mass is 1260 g/mol. The lowest BCUT2D eigenvalue weighted by molar-refractivity contribution is -0.152. The van der Waals surface area contributed by atoms with Crippen LogP contribution in [0.3, 0.4) is 0 Å². The predicted octanol–water partition coefficient (Wildman–Crippen LogP) is 4.34. The number of halogens is 4. The number of fused-ring (bicyclic) bond motifs is 1. The van der Waals surface area contributed by atoms with Crippen LogP contribution in [0.25, 0.3) is 0 Å². The highest BCUT2D eigenvalue weighted by Crippen LogP contribution is 2.37. The van der Waals surface area contributed by atoms with E-state index in [0.717, 1.165) is 39.7 Å². The summed E-state index contributed by atoms with van der Waals surface area (Å²) in [6.45, 7) is 11.0. The van der Waals surface area contributed by atoms with Crippen LogP contribution in [0.4, 0.5) is 13.2 Å². The average molecular weight is 1260 g/mol. The summed E-state index contributed by atoms with van der Waals surface area (Å²) in [7, 11) is 10.0. The molecule has 22 nitrogen and oxygen atoms in total. The Kier molecular flexibility index (Phi) is 25.3. The molecular weight excluding hydrogens is 1170 g/mol. The quantitative estimate of drug-likeness (QED) is 0.297. The summed E-state index contributed by atoms with van der Waals surface area (Å²) in [6.07, 6.45) is -0.716. The Labute approximate surface area is 521 Å². The molecule has 8 atom stereocenters. The number of nitrogens with zero attached hydrogens (tertiary/aromatic N) is 8. The van der Waals surface area contributed by atoms with Gasteiger partial charge in [0, 0.05) is 68.3 Å². The van der Waals surface area contributed by atoms with Crippen LogP contribution in [-0.2, 0) is 65.3 Å². The summed E-state index contributed by atoms with van der Waals surface area (Å²) in [5, 5.41) is 8.04. The molecule has 88 heavy (non-hydrogen) atoms. The molecule has 2 saturated carbocycles. The van der Waals surface area contributed by atoms with Gasteiger partial charge in [-0.05, 0) is 99.7 Å². The van der Waals surface area contributed by atoms with Gasteiger partial charge in [-0.1, -0.05) is 91.3 Å². The van der Waals surface area contributed by atoms with Crippen molar-refractivity contribution in [2.24, 2.45) is 23.7 Å². The molecule has 3 N–H and O–H groups in total. The lowest BCUT2D eigenvalue weighted by Crippen LogP contribution is -2.64. The third-order valence-electron chi connectivity index (χ3n) is 18.2. The molecule has 4 fully saturated rings. The van der Waals surface area contributed by atoms with E-state index in [0.29, 0.717) is 31.2 Å². The first-order valence-electron chi connectivity index (χ1n) is 30.9. The van der Waals surface area contributed by atoms with Crippen LogP contribution in [0.2, 0.25) is 5.02 Å². The largest absolute Gasteiger partial charge is 0.417 e. The zero-order valence-electron chi connectivity index (χ0n) is 53.9. The number of aryl methyl sites for hydroxylation is 1. The van der Waals surface area contributed by atoms with Crippen molar-refractivity contribution in [3.63, 3.8) is 0 Å². The first-order chi connectivity index (χ1) is 41.0. The van der Waals surface area contributed by atoms with Crippen molar-refractivity contribution in [2.45, 2.75) is 192 Å². The number of rotatable bonds is 10. The first-order valence-corrected chi connectivity index (χ1v) is 31.3. The van der Waals surface area contributed by atoms with Gasteiger partial charge in [-0.3, -0.25) is 52.7 Å². The Morgan fingerprint density at radius 3 is 1.84 bits per heavy atom. The smallest absolute Gasteiger partial charge is 0.343 e. The molecule has 1 aromatic carbocycles. The van der Waals surface area contributed by atoms with Crippen LogP contribution in [0.15, 0.2) is 18.2 Å². The van der Waals surface area contributed by atoms with Crippen LogP contribution >= 0.6 is 11.6 Å². The number of amides is 11. The summed E-state index contributed by atoms with van der Waals surface area (Å²) in [5.41, 5.74) is -2.25. The van der Waals surface area contributed by atoms with Gasteiger partial charge in [-0.25, -0.2) is 0 Å². The van der Waals surface area contributed by atoms with Crippen LogP contribution in [0, 0.1) is 23.7 Å². The second-order valence-electron chi connectivity index (χ2n) is 25.9. The highest BCUT2D eigenvalue weighted by Gasteiger charge is 2.50. The minimum atomic E-state index is -4.74. The van der Waals surface area contributed by atoms with E-state index in [1.165, 1.54) is 79.9 Å². The van der Waals surface area contributed by atoms with Gasteiger partial charge in [0.1, 0.15) is 41.8 Å². The van der Waals surface area contributed by atoms with E-state index in [1.54, 1.807) is 27.7 Å². The maximum atomic E-state index is 15.1. The zero-order chi connectivity index (χ0) is 66.0. The van der Waals surface area contributed by atoms with Crippen LogP contribution in [0.1, 0.15) is 143 Å². The third kappa shape index (κ3) is 18.1. The molecule has 1 spiro atoms. The maximum Gasteiger partial charge on any atom is 0.417 e. The molecule has 11 amide bonds. The Balaban J connectivity index is 1.53. The fraction of sp³-hybridized carbons (Fsp3) is 0.726. The summed E-state index contributed by atoms with van der Waals surface area (Å²) < 4.78 is 41.2. The fourth-order valence-electron chi connectivity index (χ4n) is 12.1. The van der Waals surface area contributed by atoms with Crippen molar-refractivity contribution in [3.8, 4) is 0 Å². The second-order valence-corrected chi connectivity index (χ2v) is 26.3. The Morgan fingerprint density at radius 1 is 0.670 bits per heavy atom. The first kappa shape index (κ1) is 72.2. The van der Waals surface area contributed by atoms with Crippen molar-refractivity contribution < 1.29 is 65.9 Å². The number of likely N-dealkylation sites (N-methyl/N-ethyl adjacent to an activating group) is 7. The molecule has 0 bridgehead atoms. The van der Waals surface area contributed by atoms with Crippen molar-refractivity contribution in [1.82, 2.24) is 55.1 Å². The highest BCUT2D eigenvalue weighted by atomic mass is 35.5. The summed E-state index contributed by atoms with van der Waals surface area (Å²) in [4.78, 5) is 169. The van der Waals surface area contributed by atoms with E-state index < -0.39 is 161 Å². The normalized spacial score (nSPS) is 26.4. The zero-order valence-corrected chi connectivity index (χ0v) is 54.6. The molecule has 5 rings (SSSR count). The summed E-state index contributed by atoms with van der Waals surface area (Å²) in [5.74, 6) is -7.66. The number of hydrogen-bond acceptors (Lipinski definition) is 11. The van der Waals surface area contributed by atoms with Gasteiger partial charge in [-0.15, -0.1) is 0 Å². The van der Waals surface area contributed by atoms with E-state index in [1.807, 2.05) is 20.8 Å². The molecule has 2 heterocycles. The predicted molar refractivity (Wildman–Crippen MR) is 323 cm³/mol. The van der Waals surface area contributed by atoms with Crippen LogP contribution in [0.5, 0.6) is 0 Å². The van der Waals surface area contributed by atoms with Gasteiger partial charge in [-0.2, -0.15) is 13.2 Å². The Morgan fingerprint density at radius 2 is 1.27 bits per heavy atom. The molecule has 0 aromatic heterocycles. The lowest BCUT2D eigenvalue weighted by atomic mass is 9.91. The van der Waals surface area contributed by atoms with Crippen molar-refractivity contribution in [2.75, 3.05) is 75.5 Å². The number of benzene rings is 1. The van der Waals surface area contributed by atoms with Gasteiger partial charge in [0.2, 0.25) is 65.0 Å². The van der Waals surface area contributed by atoms with Crippen molar-refractivity contribution in [1.29, 1.82) is 0 Å². The lowest BCUT2D eigenvalue weighted by Gasteiger charge is -2.41. The number of nitrogens with one attached hydrogen (secondary N) is 3. The van der Waals surface area contributed by atoms with Gasteiger partial charge in [0.25, 0.3) is 0 Å². The number of hydrogen-bond donors (Lipinski definition) is 3. The van der Waals surface area contributed by atoms with Gasteiger partial charge < -0.3 is 55.1 Å². The van der Waals surface area contributed by atoms with Gasteiger partial charge in [0.05, 0.1) is 30.2 Å². The standard InChI is InChI=1S/C62H95ClF3N11O11/c1-15-38(6)52-58(86)72(10)34-50(80)70(8)35-51(81)75(13)47(32-41-20-21-41)57(85)71(9)33-48(78)67-44(25-23-40-22-24-42(43(63)31-40)62(64,65)66)56(84)77-28-18-19-45(77)55(83)69-61(26-16-17-27-61)60(88)76(14)53(37(4)5)59(87)73(11)39(7)30-49(79)74(12)46(29-36(2)3)54(82)68-52/h22,24,31,36-39,41,44-47,52-53H,15-21,23,25-30,32-35H2,1-14H3,(H,67,78)(H,68,82)(H,69,83)/t38?,39-,44+,45+,46+,47+,52+,53+/m1/s1. The van der Waals surface area contributed by atoms with Crippen LogP contribution < -0.4 is 16.0 Å². The molecule has 492 valence electrons. The molecule has 2 aliphatic carbocycles. The Bertz CT molecular complexity index is 2740. The number of carbonyl (C=O) groups excluding carboxylic acids is 11. The van der Waals surface area contributed by atoms with Crippen LogP contribution in [-0.4, -0.2) is 228 Å². The van der Waals surface area contributed by atoms with E-state index in [-0.39, 0.29) is 69.7 Å². The topological polar surface area (TPSA) is 250 Å². The Hall–Kier alpha value is -6.53. The minimum absolute atomic E-state index is 0.0600. The summed E-state index contributed by atoms with van der Waals surface area (Å²) in [6, 6.07) is -4.50. The molecule has 1 aromatic rings. The van der Waals surface area contributed by atoms with Crippen molar-refractivity contribution in [3.05, 3.63) is 34.3 Å². The molecule has 0 radical (unpaired) electrons. The number of carbonyl (C=O) groups is 11. The maximum absolute atomic E-state index is 15.1. The van der Waals surface area contributed by atoms with E-state index in [9.17, 15) is 61.1 Å². The molecule has 4 aliphatic rings. The van der Waals surface area contributed by atoms with E-state index in [2.05, 4.69) is 16.0 Å². The van der Waals surface area contributed by atoms with E-state index in [4.69, 9.17) is 11.6 Å². The van der Waals surface area contributed by atoms with E-state index >= 15 is 4.79 Å². The van der Waals surface area contributed by atoms with Gasteiger partial charge >= 0.3 is 6.18 Å². The molecule has 2 aliphatic heterocycles. The summed E-state index contributed by atoms with van der Waals surface area (Å²) >= 11 is 6.09. The number of alkyl halides is 3.